The number of fused-ring (bicyclic) bond motifs is 3. The van der Waals surface area contributed by atoms with Crippen molar-refractivity contribution in [2.45, 2.75) is 42.6 Å². The molecule has 158 valence electrons. The second-order valence-electron chi connectivity index (χ2n) is 8.29. The monoisotopic (exact) mass is 440 g/mol. The number of benzene rings is 2. The number of piperidine rings is 1. The molecular formula is C24H29ClN4S. The Balaban J connectivity index is 1.39. The molecule has 2 aromatic carbocycles. The van der Waals surface area contributed by atoms with Crippen LogP contribution in [-0.4, -0.2) is 41.5 Å². The fourth-order valence-corrected chi connectivity index (χ4v) is 6.29. The van der Waals surface area contributed by atoms with Crippen molar-refractivity contribution < 1.29 is 0 Å². The quantitative estimate of drug-likeness (QED) is 0.669. The van der Waals surface area contributed by atoms with E-state index in [1.807, 2.05) is 11.8 Å². The van der Waals surface area contributed by atoms with Crippen molar-refractivity contribution in [2.75, 3.05) is 31.1 Å². The summed E-state index contributed by atoms with van der Waals surface area (Å²) in [4.78, 5) is 8.96. The molecule has 0 spiro atoms. The summed E-state index contributed by atoms with van der Waals surface area (Å²) in [6.07, 6.45) is 7.57. The van der Waals surface area contributed by atoms with Gasteiger partial charge in [0.15, 0.2) is 5.50 Å². The molecule has 3 aliphatic heterocycles. The van der Waals surface area contributed by atoms with Gasteiger partial charge in [0.1, 0.15) is 0 Å². The average Bonchev–Trinajstić information content (AvgIpc) is 3.31. The molecule has 5 rings (SSSR count). The van der Waals surface area contributed by atoms with Crippen LogP contribution in [0.5, 0.6) is 0 Å². The molecule has 0 bridgehead atoms. The van der Waals surface area contributed by atoms with Crippen molar-refractivity contribution >= 4 is 34.7 Å². The molecule has 2 aromatic rings. The van der Waals surface area contributed by atoms with Gasteiger partial charge >= 0.3 is 0 Å². The van der Waals surface area contributed by atoms with Crippen LogP contribution in [-0.2, 0) is 6.54 Å². The van der Waals surface area contributed by atoms with Crippen molar-refractivity contribution in [1.29, 1.82) is 0 Å². The molecule has 3 heterocycles. The van der Waals surface area contributed by atoms with Crippen LogP contribution in [0.1, 0.15) is 36.8 Å². The van der Waals surface area contributed by atoms with Gasteiger partial charge in [-0.25, -0.2) is 0 Å². The van der Waals surface area contributed by atoms with Gasteiger partial charge in [0.2, 0.25) is 0 Å². The topological polar surface area (TPSA) is 35.7 Å². The Labute approximate surface area is 188 Å². The fraction of sp³-hybridized carbons (Fsp3) is 0.417. The van der Waals surface area contributed by atoms with Crippen LogP contribution in [0.15, 0.2) is 53.6 Å². The predicted molar refractivity (Wildman–Crippen MR) is 128 cm³/mol. The van der Waals surface area contributed by atoms with Crippen LogP contribution in [0, 0.1) is 0 Å². The summed E-state index contributed by atoms with van der Waals surface area (Å²) in [6, 6.07) is 15.0. The Kier molecular flexibility index (Phi) is 5.96. The maximum atomic E-state index is 6.51. The molecule has 1 saturated heterocycles. The maximum absolute atomic E-state index is 6.51. The summed E-state index contributed by atoms with van der Waals surface area (Å²) in [7, 11) is 0. The molecule has 3 aliphatic rings. The van der Waals surface area contributed by atoms with Gasteiger partial charge in [0, 0.05) is 34.8 Å². The molecule has 4 nitrogen and oxygen atoms in total. The summed E-state index contributed by atoms with van der Waals surface area (Å²) in [6.45, 7) is 5.21. The van der Waals surface area contributed by atoms with Crippen molar-refractivity contribution in [2.24, 2.45) is 5.73 Å². The molecule has 1 unspecified atom stereocenters. The number of hydrogen-bond acceptors (Lipinski definition) is 5. The van der Waals surface area contributed by atoms with Crippen LogP contribution in [0.3, 0.4) is 0 Å². The normalized spacial score (nSPS) is 21.0. The minimum atomic E-state index is 0.284. The lowest BCUT2D eigenvalue weighted by atomic mass is 10.1. The van der Waals surface area contributed by atoms with E-state index in [9.17, 15) is 0 Å². The highest BCUT2D eigenvalue weighted by Gasteiger charge is 2.39. The smallest absolute Gasteiger partial charge is 0.159 e. The third-order valence-electron chi connectivity index (χ3n) is 6.34. The van der Waals surface area contributed by atoms with Gasteiger partial charge in [-0.3, -0.25) is 0 Å². The van der Waals surface area contributed by atoms with Crippen molar-refractivity contribution in [1.82, 2.24) is 9.80 Å². The SMILES string of the molecule is NCc1ccc(C2=CN3c4ccccc4SC3N2CCCN2CCCCC2)cc1Cl. The maximum Gasteiger partial charge on any atom is 0.159 e. The Morgan fingerprint density at radius 2 is 1.87 bits per heavy atom. The standard InChI is InChI=1S/C24H29ClN4S/c25-20-15-18(9-10-19(20)16-26)22-17-29-21-7-2-3-8-23(21)30-24(29)28(22)14-6-13-27-11-4-1-5-12-27/h2-3,7-10,15,17,24H,1,4-6,11-14,16,26H2. The third-order valence-corrected chi connectivity index (χ3v) is 7.99. The van der Waals surface area contributed by atoms with E-state index in [-0.39, 0.29) is 5.50 Å². The number of anilines is 1. The van der Waals surface area contributed by atoms with Crippen LogP contribution in [0.2, 0.25) is 5.02 Å². The number of thioether (sulfide) groups is 1. The number of nitrogens with two attached hydrogens (primary N) is 1. The van der Waals surface area contributed by atoms with Gasteiger partial charge in [-0.2, -0.15) is 0 Å². The van der Waals surface area contributed by atoms with E-state index in [0.29, 0.717) is 6.54 Å². The van der Waals surface area contributed by atoms with E-state index in [4.69, 9.17) is 17.3 Å². The molecule has 0 aromatic heterocycles. The molecule has 1 fully saturated rings. The second kappa shape index (κ2) is 8.83. The van der Waals surface area contributed by atoms with Crippen molar-refractivity contribution in [3.63, 3.8) is 0 Å². The van der Waals surface area contributed by atoms with E-state index < -0.39 is 0 Å². The van der Waals surface area contributed by atoms with Gasteiger partial charge in [0.05, 0.1) is 11.4 Å². The number of rotatable bonds is 6. The molecule has 0 aliphatic carbocycles. The van der Waals surface area contributed by atoms with E-state index >= 15 is 0 Å². The van der Waals surface area contributed by atoms with Gasteiger partial charge < -0.3 is 20.4 Å². The summed E-state index contributed by atoms with van der Waals surface area (Å²) in [5.74, 6) is 0. The Hall–Kier alpha value is -1.66. The lowest BCUT2D eigenvalue weighted by molar-refractivity contribution is 0.217. The Morgan fingerprint density at radius 1 is 1.03 bits per heavy atom. The molecule has 30 heavy (non-hydrogen) atoms. The second-order valence-corrected chi connectivity index (χ2v) is 9.80. The minimum absolute atomic E-state index is 0.284. The number of hydrogen-bond donors (Lipinski definition) is 1. The first-order chi connectivity index (χ1) is 14.7. The first kappa shape index (κ1) is 20.3. The summed E-state index contributed by atoms with van der Waals surface area (Å²) in [5.41, 5.74) is 10.8. The van der Waals surface area contributed by atoms with Gasteiger partial charge in [-0.15, -0.1) is 0 Å². The van der Waals surface area contributed by atoms with Crippen molar-refractivity contribution in [3.05, 3.63) is 64.8 Å². The average molecular weight is 441 g/mol. The summed E-state index contributed by atoms with van der Waals surface area (Å²) in [5, 5.41) is 0.754. The zero-order valence-electron chi connectivity index (χ0n) is 17.3. The number of para-hydroxylation sites is 1. The molecule has 0 saturated carbocycles. The fourth-order valence-electron chi connectivity index (χ4n) is 4.72. The van der Waals surface area contributed by atoms with E-state index in [0.717, 1.165) is 17.1 Å². The minimum Gasteiger partial charge on any atom is -0.340 e. The first-order valence-electron chi connectivity index (χ1n) is 11.0. The Morgan fingerprint density at radius 3 is 2.67 bits per heavy atom. The van der Waals surface area contributed by atoms with E-state index in [2.05, 4.69) is 63.4 Å². The zero-order valence-corrected chi connectivity index (χ0v) is 18.8. The van der Waals surface area contributed by atoms with E-state index in [1.54, 1.807) is 0 Å². The van der Waals surface area contributed by atoms with Gasteiger partial charge in [-0.1, -0.05) is 54.0 Å². The molecule has 1 atom stereocenters. The molecule has 2 N–H and O–H groups in total. The third kappa shape index (κ3) is 3.84. The lowest BCUT2D eigenvalue weighted by Gasteiger charge is -2.31. The first-order valence-corrected chi connectivity index (χ1v) is 12.2. The van der Waals surface area contributed by atoms with Crippen LogP contribution in [0.25, 0.3) is 5.70 Å². The van der Waals surface area contributed by atoms with Crippen molar-refractivity contribution in [3.8, 4) is 0 Å². The van der Waals surface area contributed by atoms with Gasteiger partial charge in [-0.05, 0) is 62.7 Å². The number of halogens is 1. The van der Waals surface area contributed by atoms with Crippen LogP contribution >= 0.6 is 23.4 Å². The zero-order chi connectivity index (χ0) is 20.5. The molecule has 0 radical (unpaired) electrons. The molecule has 6 heteroatoms. The highest BCUT2D eigenvalue weighted by molar-refractivity contribution is 8.00. The van der Waals surface area contributed by atoms with Crippen LogP contribution in [0.4, 0.5) is 5.69 Å². The molecule has 0 amide bonds. The highest BCUT2D eigenvalue weighted by Crippen LogP contribution is 2.50. The molecular weight excluding hydrogens is 412 g/mol. The van der Waals surface area contributed by atoms with E-state index in [1.165, 1.54) is 67.2 Å². The predicted octanol–water partition coefficient (Wildman–Crippen LogP) is 5.18. The van der Waals surface area contributed by atoms with Crippen LogP contribution < -0.4 is 10.6 Å². The summed E-state index contributed by atoms with van der Waals surface area (Å²) >= 11 is 8.46. The Bertz CT molecular complexity index is 941. The number of nitrogens with zero attached hydrogens (tertiary/aromatic N) is 3. The number of likely N-dealkylation sites (tertiary alicyclic amines) is 1. The summed E-state index contributed by atoms with van der Waals surface area (Å²) < 4.78 is 0. The highest BCUT2D eigenvalue weighted by atomic mass is 35.5. The lowest BCUT2D eigenvalue weighted by Crippen LogP contribution is -2.37. The largest absolute Gasteiger partial charge is 0.340 e. The van der Waals surface area contributed by atoms with Gasteiger partial charge in [0.25, 0.3) is 0 Å².